The summed E-state index contributed by atoms with van der Waals surface area (Å²) in [5, 5.41) is 8.17. The summed E-state index contributed by atoms with van der Waals surface area (Å²) in [5.74, 6) is 0.517. The first-order valence-corrected chi connectivity index (χ1v) is 8.20. The van der Waals surface area contributed by atoms with Gasteiger partial charge < -0.3 is 10.1 Å². The van der Waals surface area contributed by atoms with E-state index in [-0.39, 0.29) is 0 Å². The standard InChI is InChI=1S/C16H13ClN4O2S/c1-23-14-6-5-10(17)8-12(14)19-15(22)21-16-20-13(9-24-16)11-4-2-3-7-18-11/h2-9H,1H3,(H2,19,20,21,22). The topological polar surface area (TPSA) is 76.1 Å². The molecule has 0 fully saturated rings. The summed E-state index contributed by atoms with van der Waals surface area (Å²) in [5.41, 5.74) is 1.93. The van der Waals surface area contributed by atoms with Gasteiger partial charge in [-0.25, -0.2) is 9.78 Å². The van der Waals surface area contributed by atoms with Gasteiger partial charge in [-0.05, 0) is 30.3 Å². The Bertz CT molecular complexity index is 854. The molecule has 0 aliphatic rings. The number of halogens is 1. The average Bonchev–Trinajstić information content (AvgIpc) is 3.04. The van der Waals surface area contributed by atoms with Crippen molar-refractivity contribution in [1.82, 2.24) is 9.97 Å². The molecule has 0 radical (unpaired) electrons. The van der Waals surface area contributed by atoms with Crippen LogP contribution in [0, 0.1) is 0 Å². The SMILES string of the molecule is COc1ccc(Cl)cc1NC(=O)Nc1nc(-c2ccccn2)cs1. The number of aromatic nitrogens is 2. The van der Waals surface area contributed by atoms with Crippen LogP contribution in [-0.2, 0) is 0 Å². The maximum absolute atomic E-state index is 12.1. The van der Waals surface area contributed by atoms with E-state index in [9.17, 15) is 4.79 Å². The second-order valence-electron chi connectivity index (χ2n) is 4.68. The van der Waals surface area contributed by atoms with Gasteiger partial charge in [-0.15, -0.1) is 11.3 Å². The lowest BCUT2D eigenvalue weighted by molar-refractivity contribution is 0.262. The predicted octanol–water partition coefficient (Wildman–Crippen LogP) is 4.51. The molecule has 0 atom stereocenters. The average molecular weight is 361 g/mol. The van der Waals surface area contributed by atoms with Crippen LogP contribution in [0.25, 0.3) is 11.4 Å². The van der Waals surface area contributed by atoms with Gasteiger partial charge >= 0.3 is 6.03 Å². The van der Waals surface area contributed by atoms with Gasteiger partial charge in [0.05, 0.1) is 18.5 Å². The highest BCUT2D eigenvalue weighted by molar-refractivity contribution is 7.14. The number of rotatable bonds is 4. The first-order valence-electron chi connectivity index (χ1n) is 6.94. The van der Waals surface area contributed by atoms with E-state index in [4.69, 9.17) is 16.3 Å². The predicted molar refractivity (Wildman–Crippen MR) is 96.0 cm³/mol. The van der Waals surface area contributed by atoms with Crippen molar-refractivity contribution in [3.05, 3.63) is 53.0 Å². The van der Waals surface area contributed by atoms with Crippen molar-refractivity contribution < 1.29 is 9.53 Å². The van der Waals surface area contributed by atoms with Crippen LogP contribution >= 0.6 is 22.9 Å². The number of methoxy groups -OCH3 is 1. The highest BCUT2D eigenvalue weighted by Gasteiger charge is 2.11. The van der Waals surface area contributed by atoms with Crippen molar-refractivity contribution in [2.45, 2.75) is 0 Å². The third-order valence-corrected chi connectivity index (χ3v) is 4.05. The molecule has 8 heteroatoms. The molecule has 1 aromatic carbocycles. The summed E-state index contributed by atoms with van der Waals surface area (Å²) in [6.45, 7) is 0. The number of benzene rings is 1. The molecule has 122 valence electrons. The molecule has 0 aliphatic heterocycles. The zero-order valence-electron chi connectivity index (χ0n) is 12.6. The summed E-state index contributed by atoms with van der Waals surface area (Å²) in [6, 6.07) is 10.1. The van der Waals surface area contributed by atoms with Crippen LogP contribution in [-0.4, -0.2) is 23.1 Å². The second kappa shape index (κ2) is 7.29. The third kappa shape index (κ3) is 3.81. The second-order valence-corrected chi connectivity index (χ2v) is 5.97. The monoisotopic (exact) mass is 360 g/mol. The van der Waals surface area contributed by atoms with Crippen molar-refractivity contribution in [3.8, 4) is 17.1 Å². The first-order chi connectivity index (χ1) is 11.7. The zero-order chi connectivity index (χ0) is 16.9. The van der Waals surface area contributed by atoms with E-state index in [1.165, 1.54) is 18.4 Å². The summed E-state index contributed by atoms with van der Waals surface area (Å²) in [7, 11) is 1.52. The number of nitrogens with zero attached hydrogens (tertiary/aromatic N) is 2. The van der Waals surface area contributed by atoms with Gasteiger partial charge in [0.1, 0.15) is 11.4 Å². The molecule has 0 saturated heterocycles. The van der Waals surface area contributed by atoms with Crippen LogP contribution in [0.5, 0.6) is 5.75 Å². The lowest BCUT2D eigenvalue weighted by Crippen LogP contribution is -2.19. The minimum atomic E-state index is -0.433. The van der Waals surface area contributed by atoms with E-state index in [0.717, 1.165) is 5.69 Å². The Morgan fingerprint density at radius 3 is 2.83 bits per heavy atom. The van der Waals surface area contributed by atoms with E-state index in [2.05, 4.69) is 20.6 Å². The molecule has 0 unspecified atom stereocenters. The van der Waals surface area contributed by atoms with Crippen molar-refractivity contribution in [2.24, 2.45) is 0 Å². The summed E-state index contributed by atoms with van der Waals surface area (Å²) >= 11 is 7.26. The maximum atomic E-state index is 12.1. The molecule has 2 amide bonds. The van der Waals surface area contributed by atoms with Gasteiger partial charge in [0.2, 0.25) is 0 Å². The lowest BCUT2D eigenvalue weighted by atomic mass is 10.3. The number of hydrogen-bond acceptors (Lipinski definition) is 5. The number of anilines is 2. The Kier molecular flexibility index (Phi) is 4.93. The van der Waals surface area contributed by atoms with Crippen molar-refractivity contribution >= 4 is 39.8 Å². The Morgan fingerprint density at radius 1 is 1.21 bits per heavy atom. The van der Waals surface area contributed by atoms with Crippen LogP contribution in [0.15, 0.2) is 48.0 Å². The summed E-state index contributed by atoms with van der Waals surface area (Å²) in [6.07, 6.45) is 1.69. The molecule has 0 saturated carbocycles. The van der Waals surface area contributed by atoms with Crippen LogP contribution < -0.4 is 15.4 Å². The number of carbonyl (C=O) groups excluding carboxylic acids is 1. The van der Waals surface area contributed by atoms with Gasteiger partial charge in [0, 0.05) is 16.6 Å². The van der Waals surface area contributed by atoms with Crippen molar-refractivity contribution in [2.75, 3.05) is 17.7 Å². The van der Waals surface area contributed by atoms with Gasteiger partial charge in [0.25, 0.3) is 0 Å². The lowest BCUT2D eigenvalue weighted by Gasteiger charge is -2.10. The highest BCUT2D eigenvalue weighted by atomic mass is 35.5. The quantitative estimate of drug-likeness (QED) is 0.717. The number of thiazole rings is 1. The molecule has 2 N–H and O–H groups in total. The number of urea groups is 1. The van der Waals surface area contributed by atoms with Gasteiger partial charge in [-0.1, -0.05) is 17.7 Å². The van der Waals surface area contributed by atoms with Crippen LogP contribution in [0.2, 0.25) is 5.02 Å². The van der Waals surface area contributed by atoms with Crippen molar-refractivity contribution in [1.29, 1.82) is 0 Å². The third-order valence-electron chi connectivity index (χ3n) is 3.06. The molecule has 0 aliphatic carbocycles. The number of carbonyl (C=O) groups is 1. The number of amides is 2. The van der Waals surface area contributed by atoms with E-state index in [1.807, 2.05) is 23.6 Å². The molecule has 2 heterocycles. The summed E-state index contributed by atoms with van der Waals surface area (Å²) < 4.78 is 5.19. The van der Waals surface area contributed by atoms with Gasteiger partial charge in [0.15, 0.2) is 5.13 Å². The Labute approximate surface area is 147 Å². The highest BCUT2D eigenvalue weighted by Crippen LogP contribution is 2.28. The van der Waals surface area contributed by atoms with E-state index in [0.29, 0.717) is 27.3 Å². The fourth-order valence-corrected chi connectivity index (χ4v) is 2.86. The number of pyridine rings is 1. The molecule has 0 bridgehead atoms. The molecule has 3 aromatic rings. The first kappa shape index (κ1) is 16.2. The van der Waals surface area contributed by atoms with Crippen LogP contribution in [0.4, 0.5) is 15.6 Å². The Hall–Kier alpha value is -2.64. The minimum absolute atomic E-state index is 0.433. The summed E-state index contributed by atoms with van der Waals surface area (Å²) in [4.78, 5) is 20.7. The van der Waals surface area contributed by atoms with Crippen molar-refractivity contribution in [3.63, 3.8) is 0 Å². The number of hydrogen-bond donors (Lipinski definition) is 2. The van der Waals surface area contributed by atoms with E-state index in [1.54, 1.807) is 24.4 Å². The molecular formula is C16H13ClN4O2S. The fraction of sp³-hybridized carbons (Fsp3) is 0.0625. The van der Waals surface area contributed by atoms with Gasteiger partial charge in [-0.3, -0.25) is 10.3 Å². The fourth-order valence-electron chi connectivity index (χ4n) is 1.99. The minimum Gasteiger partial charge on any atom is -0.495 e. The zero-order valence-corrected chi connectivity index (χ0v) is 14.2. The molecule has 24 heavy (non-hydrogen) atoms. The normalized spacial score (nSPS) is 10.2. The van der Waals surface area contributed by atoms with Crippen LogP contribution in [0.3, 0.4) is 0 Å². The molecule has 0 spiro atoms. The van der Waals surface area contributed by atoms with Gasteiger partial charge in [-0.2, -0.15) is 0 Å². The van der Waals surface area contributed by atoms with Crippen LogP contribution in [0.1, 0.15) is 0 Å². The smallest absolute Gasteiger partial charge is 0.325 e. The number of nitrogens with one attached hydrogen (secondary N) is 2. The Balaban J connectivity index is 1.70. The maximum Gasteiger partial charge on any atom is 0.325 e. The molecule has 6 nitrogen and oxygen atoms in total. The molecule has 3 rings (SSSR count). The van der Waals surface area contributed by atoms with E-state index >= 15 is 0 Å². The largest absolute Gasteiger partial charge is 0.495 e. The van der Waals surface area contributed by atoms with E-state index < -0.39 is 6.03 Å². The molecular weight excluding hydrogens is 348 g/mol. The Morgan fingerprint density at radius 2 is 2.08 bits per heavy atom. The number of ether oxygens (including phenoxy) is 1. The molecule has 2 aromatic heterocycles.